The van der Waals surface area contributed by atoms with E-state index in [2.05, 4.69) is 38.2 Å². The van der Waals surface area contributed by atoms with Gasteiger partial charge in [-0.25, -0.2) is 0 Å². The first kappa shape index (κ1) is 11.8. The Balaban J connectivity index is 2.43. The lowest BCUT2D eigenvalue weighted by Crippen LogP contribution is -2.17. The number of hydrogen-bond donors (Lipinski definition) is 1. The highest BCUT2D eigenvalue weighted by atomic mass is 35.5. The minimum Gasteiger partial charge on any atom is -0.306 e. The number of thiophene rings is 1. The quantitative estimate of drug-likeness (QED) is 0.770. The summed E-state index contributed by atoms with van der Waals surface area (Å²) in [6, 6.07) is 4.40. The molecule has 3 heteroatoms. The van der Waals surface area contributed by atoms with E-state index in [9.17, 15) is 0 Å². The first-order valence-corrected chi connectivity index (χ1v) is 5.91. The number of hydrogen-bond acceptors (Lipinski definition) is 2. The van der Waals surface area contributed by atoms with Crippen molar-refractivity contribution in [3.63, 3.8) is 0 Å². The van der Waals surface area contributed by atoms with Crippen LogP contribution in [0.3, 0.4) is 0 Å². The topological polar surface area (TPSA) is 12.0 Å². The lowest BCUT2D eigenvalue weighted by Gasteiger charge is -2.09. The van der Waals surface area contributed by atoms with Crippen LogP contribution < -0.4 is 5.32 Å². The van der Waals surface area contributed by atoms with Gasteiger partial charge in [0.25, 0.3) is 0 Å². The summed E-state index contributed by atoms with van der Waals surface area (Å²) in [5, 5.41) is 3.42. The van der Waals surface area contributed by atoms with Gasteiger partial charge in [0.05, 0.1) is 4.34 Å². The molecule has 1 N–H and O–H groups in total. The summed E-state index contributed by atoms with van der Waals surface area (Å²) >= 11 is 7.50. The second kappa shape index (κ2) is 5.54. The van der Waals surface area contributed by atoms with E-state index in [-0.39, 0.29) is 0 Å². The third kappa shape index (κ3) is 3.82. The summed E-state index contributed by atoms with van der Waals surface area (Å²) in [6.07, 6.45) is 2.19. The van der Waals surface area contributed by atoms with Gasteiger partial charge in [0.1, 0.15) is 0 Å². The largest absolute Gasteiger partial charge is 0.306 e. The van der Waals surface area contributed by atoms with Gasteiger partial charge in [0.15, 0.2) is 0 Å². The molecule has 1 atom stereocenters. The number of rotatable bonds is 4. The van der Waals surface area contributed by atoms with Crippen LogP contribution >= 0.6 is 22.9 Å². The van der Waals surface area contributed by atoms with Gasteiger partial charge in [0, 0.05) is 17.5 Å². The Hall–Kier alpha value is -0.310. The zero-order valence-electron chi connectivity index (χ0n) is 8.80. The van der Waals surface area contributed by atoms with Crippen molar-refractivity contribution in [3.8, 4) is 0 Å². The molecular weight excluding hydrogens is 214 g/mol. The van der Waals surface area contributed by atoms with Gasteiger partial charge in [-0.2, -0.15) is 0 Å². The first-order chi connectivity index (χ1) is 6.59. The monoisotopic (exact) mass is 229 g/mol. The van der Waals surface area contributed by atoms with Crippen LogP contribution in [0.4, 0.5) is 0 Å². The van der Waals surface area contributed by atoms with Crippen LogP contribution in [-0.4, -0.2) is 6.54 Å². The third-order valence-electron chi connectivity index (χ3n) is 1.96. The average molecular weight is 230 g/mol. The average Bonchev–Trinajstić information content (AvgIpc) is 2.51. The Labute approximate surface area is 94.8 Å². The van der Waals surface area contributed by atoms with Crippen LogP contribution in [0.5, 0.6) is 0 Å². The smallest absolute Gasteiger partial charge is 0.0931 e. The Bertz CT molecular complexity index is 313. The molecule has 0 radical (unpaired) electrons. The number of nitrogens with one attached hydrogen (secondary N) is 1. The van der Waals surface area contributed by atoms with Crippen molar-refractivity contribution in [1.82, 2.24) is 5.32 Å². The lowest BCUT2D eigenvalue weighted by molar-refractivity contribution is 0.626. The van der Waals surface area contributed by atoms with E-state index >= 15 is 0 Å². The van der Waals surface area contributed by atoms with E-state index in [1.165, 1.54) is 10.5 Å². The Morgan fingerprint density at radius 2 is 2.29 bits per heavy atom. The Morgan fingerprint density at radius 3 is 2.79 bits per heavy atom. The highest BCUT2D eigenvalue weighted by Gasteiger charge is 2.05. The van der Waals surface area contributed by atoms with Gasteiger partial charge >= 0.3 is 0 Å². The molecule has 1 aromatic rings. The third-order valence-corrected chi connectivity index (χ3v) is 3.37. The molecule has 0 aliphatic heterocycles. The summed E-state index contributed by atoms with van der Waals surface area (Å²) < 4.78 is 0.857. The zero-order valence-corrected chi connectivity index (χ0v) is 10.4. The van der Waals surface area contributed by atoms with E-state index < -0.39 is 0 Å². The van der Waals surface area contributed by atoms with Crippen molar-refractivity contribution in [2.24, 2.45) is 0 Å². The maximum Gasteiger partial charge on any atom is 0.0931 e. The maximum atomic E-state index is 5.87. The van der Waals surface area contributed by atoms with Gasteiger partial charge in [-0.05, 0) is 32.9 Å². The van der Waals surface area contributed by atoms with Crippen LogP contribution in [0, 0.1) is 0 Å². The van der Waals surface area contributed by atoms with Crippen LogP contribution in [0.1, 0.15) is 31.7 Å². The van der Waals surface area contributed by atoms with Crippen LogP contribution in [0.25, 0.3) is 0 Å². The Kier molecular flexibility index (Phi) is 4.66. The van der Waals surface area contributed by atoms with E-state index in [1.54, 1.807) is 11.3 Å². The van der Waals surface area contributed by atoms with E-state index in [0.29, 0.717) is 6.04 Å². The molecule has 78 valence electrons. The Morgan fingerprint density at radius 1 is 1.57 bits per heavy atom. The van der Waals surface area contributed by atoms with Crippen molar-refractivity contribution >= 4 is 22.9 Å². The predicted octanol–water partition coefficient (Wildman–Crippen LogP) is 4.02. The standard InChI is InChI=1S/C11H16ClNS/c1-8(2)6-7-13-9(3)10-4-5-11(12)14-10/h4-6,9,13H,7H2,1-3H3. The van der Waals surface area contributed by atoms with E-state index in [1.807, 2.05) is 6.07 Å². The van der Waals surface area contributed by atoms with Gasteiger partial charge in [-0.15, -0.1) is 11.3 Å². The second-order valence-corrected chi connectivity index (χ2v) is 5.30. The number of allylic oxidation sites excluding steroid dienone is 1. The minimum atomic E-state index is 0.378. The summed E-state index contributed by atoms with van der Waals surface area (Å²) in [7, 11) is 0. The molecule has 0 amide bonds. The van der Waals surface area contributed by atoms with E-state index in [4.69, 9.17) is 11.6 Å². The van der Waals surface area contributed by atoms with E-state index in [0.717, 1.165) is 10.9 Å². The van der Waals surface area contributed by atoms with Crippen LogP contribution in [-0.2, 0) is 0 Å². The fraction of sp³-hybridized carbons (Fsp3) is 0.455. The molecule has 1 heterocycles. The van der Waals surface area contributed by atoms with Crippen molar-refractivity contribution in [2.75, 3.05) is 6.54 Å². The second-order valence-electron chi connectivity index (χ2n) is 3.55. The van der Waals surface area contributed by atoms with Gasteiger partial charge in [-0.1, -0.05) is 23.3 Å². The van der Waals surface area contributed by atoms with Crippen molar-refractivity contribution in [2.45, 2.75) is 26.8 Å². The van der Waals surface area contributed by atoms with Crippen molar-refractivity contribution < 1.29 is 0 Å². The van der Waals surface area contributed by atoms with Crippen molar-refractivity contribution in [1.29, 1.82) is 0 Å². The molecule has 0 fully saturated rings. The van der Waals surface area contributed by atoms with Gasteiger partial charge < -0.3 is 5.32 Å². The maximum absolute atomic E-state index is 5.87. The van der Waals surface area contributed by atoms with Crippen molar-refractivity contribution in [3.05, 3.63) is 33.0 Å². The summed E-state index contributed by atoms with van der Waals surface area (Å²) in [5.74, 6) is 0. The molecule has 0 saturated carbocycles. The van der Waals surface area contributed by atoms with Gasteiger partial charge in [-0.3, -0.25) is 0 Å². The molecule has 1 rings (SSSR count). The summed E-state index contributed by atoms with van der Waals surface area (Å²) in [6.45, 7) is 7.28. The molecule has 0 aliphatic carbocycles. The molecule has 0 spiro atoms. The summed E-state index contributed by atoms with van der Waals surface area (Å²) in [4.78, 5) is 1.29. The van der Waals surface area contributed by atoms with Gasteiger partial charge in [0.2, 0.25) is 0 Å². The fourth-order valence-corrected chi connectivity index (χ4v) is 2.19. The molecule has 1 aromatic heterocycles. The lowest BCUT2D eigenvalue weighted by atomic mass is 10.2. The van der Waals surface area contributed by atoms with Crippen LogP contribution in [0.15, 0.2) is 23.8 Å². The molecule has 14 heavy (non-hydrogen) atoms. The molecule has 0 saturated heterocycles. The SMILES string of the molecule is CC(C)=CCNC(C)c1ccc(Cl)s1. The molecular formula is C11H16ClNS. The number of halogens is 1. The fourth-order valence-electron chi connectivity index (χ4n) is 1.10. The molecule has 1 unspecified atom stereocenters. The first-order valence-electron chi connectivity index (χ1n) is 4.71. The normalized spacial score (nSPS) is 12.6. The minimum absolute atomic E-state index is 0.378. The van der Waals surface area contributed by atoms with Crippen LogP contribution in [0.2, 0.25) is 4.34 Å². The molecule has 0 aliphatic rings. The molecule has 0 aromatic carbocycles. The molecule has 0 bridgehead atoms. The highest BCUT2D eigenvalue weighted by molar-refractivity contribution is 7.16. The molecule has 1 nitrogen and oxygen atoms in total. The predicted molar refractivity (Wildman–Crippen MR) is 65.2 cm³/mol. The highest BCUT2D eigenvalue weighted by Crippen LogP contribution is 2.26. The zero-order chi connectivity index (χ0) is 10.6. The summed E-state index contributed by atoms with van der Waals surface area (Å²) in [5.41, 5.74) is 1.34.